The van der Waals surface area contributed by atoms with Gasteiger partial charge in [0.2, 0.25) is 35.4 Å². The molecule has 61 heavy (non-hydrogen) atoms. The number of aliphatic hydroxyl groups excluding tert-OH is 3. The Labute approximate surface area is 356 Å². The van der Waals surface area contributed by atoms with Gasteiger partial charge in [0.1, 0.15) is 48.9 Å². The van der Waals surface area contributed by atoms with E-state index in [1.165, 1.54) is 11.8 Å². The van der Waals surface area contributed by atoms with Crippen LogP contribution in [0, 0.1) is 17.8 Å². The number of nitrogens with one attached hydrogen (secondary N) is 7. The maximum absolute atomic E-state index is 14.0. The molecular weight excluding hydrogens is 802 g/mol. The van der Waals surface area contributed by atoms with Gasteiger partial charge in [0, 0.05) is 6.54 Å². The van der Waals surface area contributed by atoms with E-state index in [1.807, 2.05) is 0 Å². The van der Waals surface area contributed by atoms with Crippen molar-refractivity contribution in [1.29, 1.82) is 0 Å². The van der Waals surface area contributed by atoms with Gasteiger partial charge in [-0.05, 0) is 50.4 Å². The minimum atomic E-state index is -1.69. The van der Waals surface area contributed by atoms with E-state index >= 15 is 0 Å². The van der Waals surface area contributed by atoms with Gasteiger partial charge in [0.25, 0.3) is 5.91 Å². The van der Waals surface area contributed by atoms with Gasteiger partial charge < -0.3 is 63.0 Å². The van der Waals surface area contributed by atoms with Crippen molar-refractivity contribution in [2.75, 3.05) is 26.3 Å². The van der Waals surface area contributed by atoms with Crippen LogP contribution in [-0.4, -0.2) is 159 Å². The number of hydrogen-bond acceptors (Lipinski definition) is 11. The fraction of sp³-hybridized carbons (Fsp3) is 0.763. The number of quaternary nitrogens is 1. The van der Waals surface area contributed by atoms with Crippen LogP contribution in [0.15, 0.2) is 0 Å². The summed E-state index contributed by atoms with van der Waals surface area (Å²) in [7, 11) is 0. The van der Waals surface area contributed by atoms with Crippen LogP contribution in [0.1, 0.15) is 87.0 Å². The van der Waals surface area contributed by atoms with Gasteiger partial charge >= 0.3 is 11.9 Å². The predicted octanol–water partition coefficient (Wildman–Crippen LogP) is -7.17. The lowest BCUT2D eigenvalue weighted by Crippen LogP contribution is -2.78. The minimum Gasteiger partial charge on any atom is -0.480 e. The summed E-state index contributed by atoms with van der Waals surface area (Å²) in [4.78, 5) is 110. The van der Waals surface area contributed by atoms with Crippen molar-refractivity contribution >= 4 is 53.3 Å². The number of likely N-dealkylation sites (tertiary alicyclic amines) is 1. The SMILES string of the molecule is CC[C@H](C)[C@H](NC(=O)[C@@H](NC(=O)[C@H](CO)NC(=O)[C@@H](NC(=O)[C@@H]1CCCN1C(=O)[C@@H](NC(=O)[C@H](CCC[NH+]=C(N)N)NC(=O)[C@@H]([NH3+])CO)C(C)C)[C@@H](C)O)[C@@H](C)CC)C(=O)O. The lowest BCUT2D eigenvalue weighted by molar-refractivity contribution is -0.459. The van der Waals surface area contributed by atoms with Gasteiger partial charge in [0.15, 0.2) is 6.04 Å². The average molecular weight is 874 g/mol. The molecule has 0 aromatic carbocycles. The fourth-order valence-corrected chi connectivity index (χ4v) is 6.42. The topological polar surface area (TPSA) is 387 Å². The largest absolute Gasteiger partial charge is 0.480 e. The highest BCUT2D eigenvalue weighted by molar-refractivity contribution is 5.98. The molecule has 0 aromatic heterocycles. The quantitative estimate of drug-likeness (QED) is 0.0218. The summed E-state index contributed by atoms with van der Waals surface area (Å²) >= 11 is 0. The summed E-state index contributed by atoms with van der Waals surface area (Å²) < 4.78 is 0. The van der Waals surface area contributed by atoms with Crippen LogP contribution in [0.4, 0.5) is 0 Å². The average Bonchev–Trinajstić information content (AvgIpc) is 3.71. The van der Waals surface area contributed by atoms with E-state index in [4.69, 9.17) is 11.5 Å². The summed E-state index contributed by atoms with van der Waals surface area (Å²) in [5.74, 6) is -8.45. The number of carboxylic acids is 1. The first-order valence-electron chi connectivity index (χ1n) is 20.8. The van der Waals surface area contributed by atoms with Gasteiger partial charge in [-0.25, -0.2) is 4.79 Å². The molecule has 23 heteroatoms. The molecule has 348 valence electrons. The molecule has 0 aromatic rings. The van der Waals surface area contributed by atoms with E-state index in [1.54, 1.807) is 41.5 Å². The first kappa shape index (κ1) is 53.9. The third-order valence-electron chi connectivity index (χ3n) is 10.7. The van der Waals surface area contributed by atoms with Crippen molar-refractivity contribution in [2.24, 2.45) is 29.2 Å². The van der Waals surface area contributed by atoms with E-state index in [0.29, 0.717) is 25.7 Å². The number of guanidine groups is 1. The second-order valence-electron chi connectivity index (χ2n) is 15.9. The van der Waals surface area contributed by atoms with E-state index in [-0.39, 0.29) is 31.9 Å². The van der Waals surface area contributed by atoms with E-state index in [9.17, 15) is 58.8 Å². The summed E-state index contributed by atoms with van der Waals surface area (Å²) in [6.07, 6.45) is 0.223. The number of carbonyl (C=O) groups is 8. The van der Waals surface area contributed by atoms with E-state index in [2.05, 4.69) is 42.6 Å². The molecule has 0 radical (unpaired) electrons. The number of amides is 7. The van der Waals surface area contributed by atoms with Crippen molar-refractivity contribution in [2.45, 2.75) is 141 Å². The Kier molecular flexibility index (Phi) is 23.2. The summed E-state index contributed by atoms with van der Waals surface area (Å²) in [5, 5.41) is 54.6. The first-order chi connectivity index (χ1) is 28.6. The zero-order valence-electron chi connectivity index (χ0n) is 36.4. The van der Waals surface area contributed by atoms with E-state index in [0.717, 1.165) is 0 Å². The number of carboxylic acid groups (broad SMARTS) is 1. The van der Waals surface area contributed by atoms with Gasteiger partial charge in [0.05, 0.1) is 19.3 Å². The molecule has 1 saturated heterocycles. The maximum atomic E-state index is 14.0. The Hall–Kier alpha value is -5.13. The number of carbonyl (C=O) groups excluding carboxylic acids is 7. The standard InChI is InChI=1S/C38H69N11O12/c1-8-19(5)27(34(57)47-28(37(60)61)20(6)9-2)46-32(55)24(17-51)44-35(58)29(21(7)52)48-33(56)25-13-11-15-49(25)36(59)26(18(3)4)45-31(54)23(12-10-14-42-38(40)41)43-30(53)22(39)16-50/h18-29,50-52H,8-17,39H2,1-7H3,(H,43,53)(H,44,58)(H,45,54)(H,46,55)(H,47,57)(H,48,56)(H,60,61)(H4,40,41,42)/p+2/t19-,20-,21+,22-,23-,24-,25-,26-,27-,28-,29-/m0/s1. The Bertz CT molecular complexity index is 1540. The number of aliphatic hydroxyl groups is 3. The molecule has 7 amide bonds. The number of nitrogens with two attached hydrogens (primary N) is 2. The van der Waals surface area contributed by atoms with Crippen molar-refractivity contribution in [3.8, 4) is 0 Å². The second kappa shape index (κ2) is 26.3. The fourth-order valence-electron chi connectivity index (χ4n) is 6.42. The summed E-state index contributed by atoms with van der Waals surface area (Å²) in [6, 6.07) is -10.4. The van der Waals surface area contributed by atoms with Crippen LogP contribution in [0.25, 0.3) is 0 Å². The first-order valence-corrected chi connectivity index (χ1v) is 20.8. The molecule has 0 spiro atoms. The highest BCUT2D eigenvalue weighted by Gasteiger charge is 2.42. The van der Waals surface area contributed by atoms with Gasteiger partial charge in [-0.3, -0.25) is 50.0 Å². The predicted molar refractivity (Wildman–Crippen MR) is 219 cm³/mol. The van der Waals surface area contributed by atoms with Crippen molar-refractivity contribution in [3.63, 3.8) is 0 Å². The van der Waals surface area contributed by atoms with Crippen molar-refractivity contribution in [1.82, 2.24) is 36.8 Å². The van der Waals surface area contributed by atoms with Crippen molar-refractivity contribution in [3.05, 3.63) is 0 Å². The highest BCUT2D eigenvalue weighted by atomic mass is 16.4. The second-order valence-corrected chi connectivity index (χ2v) is 15.9. The Morgan fingerprint density at radius 2 is 1.25 bits per heavy atom. The number of aliphatic carboxylic acids is 1. The summed E-state index contributed by atoms with van der Waals surface area (Å²) in [5.41, 5.74) is 14.4. The van der Waals surface area contributed by atoms with Crippen LogP contribution in [0.3, 0.4) is 0 Å². The molecule has 1 rings (SSSR count). The molecule has 0 bridgehead atoms. The number of rotatable bonds is 26. The Morgan fingerprint density at radius 3 is 1.75 bits per heavy atom. The van der Waals surface area contributed by atoms with Crippen LogP contribution < -0.4 is 54.1 Å². The smallest absolute Gasteiger partial charge is 0.338 e. The minimum absolute atomic E-state index is 0.0414. The third kappa shape index (κ3) is 16.7. The van der Waals surface area contributed by atoms with Gasteiger partial charge in [-0.2, -0.15) is 0 Å². The zero-order valence-corrected chi connectivity index (χ0v) is 36.4. The number of nitrogens with zero attached hydrogens (tertiary/aromatic N) is 1. The maximum Gasteiger partial charge on any atom is 0.338 e. The molecule has 0 unspecified atom stereocenters. The molecular formula is C38H71N11O12+2. The molecule has 11 atom stereocenters. The van der Waals surface area contributed by atoms with E-state index < -0.39 is 133 Å². The van der Waals surface area contributed by atoms with Crippen LogP contribution in [0.5, 0.6) is 0 Å². The molecule has 0 saturated carbocycles. The summed E-state index contributed by atoms with van der Waals surface area (Å²) in [6.45, 7) is 10.2. The Morgan fingerprint density at radius 1 is 0.721 bits per heavy atom. The number of hydrogen-bond donors (Lipinski definition) is 14. The highest BCUT2D eigenvalue weighted by Crippen LogP contribution is 2.21. The zero-order chi connectivity index (χ0) is 46.7. The normalized spacial score (nSPS) is 18.7. The molecule has 23 nitrogen and oxygen atoms in total. The van der Waals surface area contributed by atoms with Crippen LogP contribution >= 0.6 is 0 Å². The van der Waals surface area contributed by atoms with Crippen molar-refractivity contribution < 1.29 is 69.5 Å². The molecule has 1 aliphatic rings. The molecule has 1 fully saturated rings. The monoisotopic (exact) mass is 874 g/mol. The van der Waals surface area contributed by atoms with Gasteiger partial charge in [-0.15, -0.1) is 0 Å². The molecule has 0 aliphatic carbocycles. The molecule has 1 heterocycles. The molecule has 1 aliphatic heterocycles. The lowest BCUT2D eigenvalue weighted by atomic mass is 9.95. The third-order valence-corrected chi connectivity index (χ3v) is 10.7. The Balaban J connectivity index is 3.20. The van der Waals surface area contributed by atoms with Gasteiger partial charge in [-0.1, -0.05) is 54.4 Å². The lowest BCUT2D eigenvalue weighted by Gasteiger charge is -2.32. The van der Waals surface area contributed by atoms with Crippen LogP contribution in [-0.2, 0) is 38.4 Å². The van der Waals surface area contributed by atoms with Crippen LogP contribution in [0.2, 0.25) is 0 Å². The molecule has 18 N–H and O–H groups in total.